The van der Waals surface area contributed by atoms with Crippen LogP contribution in [0.4, 0.5) is 0 Å². The van der Waals surface area contributed by atoms with Gasteiger partial charge in [-0.25, -0.2) is 5.06 Å². The van der Waals surface area contributed by atoms with Crippen molar-refractivity contribution in [3.8, 4) is 0 Å². The molecule has 4 heterocycles. The first-order chi connectivity index (χ1) is 12.1. The summed E-state index contributed by atoms with van der Waals surface area (Å²) in [6.07, 6.45) is 3.99. The summed E-state index contributed by atoms with van der Waals surface area (Å²) in [5.74, 6) is 0.899. The number of fused-ring (bicyclic) bond motifs is 1. The first kappa shape index (κ1) is 17.0. The number of likely N-dealkylation sites (tertiary alicyclic amines) is 1. The van der Waals surface area contributed by atoms with Crippen LogP contribution in [-0.2, 0) is 20.9 Å². The Morgan fingerprint density at radius 2 is 2.16 bits per heavy atom. The van der Waals surface area contributed by atoms with Gasteiger partial charge < -0.3 is 9.26 Å². The molecule has 25 heavy (non-hydrogen) atoms. The summed E-state index contributed by atoms with van der Waals surface area (Å²) in [6, 6.07) is 0.375. The van der Waals surface area contributed by atoms with Crippen LogP contribution in [0, 0.1) is 19.8 Å². The summed E-state index contributed by atoms with van der Waals surface area (Å²) in [5.41, 5.74) is 2.06. The van der Waals surface area contributed by atoms with E-state index in [1.54, 1.807) is 5.06 Å². The van der Waals surface area contributed by atoms with Crippen LogP contribution in [0.3, 0.4) is 0 Å². The predicted molar refractivity (Wildman–Crippen MR) is 89.5 cm³/mol. The van der Waals surface area contributed by atoms with Crippen molar-refractivity contribution >= 4 is 5.91 Å². The highest BCUT2D eigenvalue weighted by Crippen LogP contribution is 2.34. The molecule has 0 N–H and O–H groups in total. The summed E-state index contributed by atoms with van der Waals surface area (Å²) in [5, 5.41) is 5.65. The number of rotatable bonds is 3. The molecule has 3 atom stereocenters. The van der Waals surface area contributed by atoms with Gasteiger partial charge in [-0.1, -0.05) is 5.16 Å². The number of hydrogen-bond acceptors (Lipinski definition) is 6. The molecule has 7 heteroatoms. The van der Waals surface area contributed by atoms with E-state index < -0.39 is 0 Å². The molecule has 7 nitrogen and oxygen atoms in total. The van der Waals surface area contributed by atoms with E-state index in [1.165, 1.54) is 0 Å². The molecule has 0 aromatic carbocycles. The molecule has 0 bridgehead atoms. The average Bonchev–Trinajstić information content (AvgIpc) is 3.23. The minimum absolute atomic E-state index is 0.0714. The van der Waals surface area contributed by atoms with Crippen molar-refractivity contribution in [3.05, 3.63) is 17.0 Å². The van der Waals surface area contributed by atoms with Crippen molar-refractivity contribution < 1.29 is 18.9 Å². The fourth-order valence-corrected chi connectivity index (χ4v) is 4.32. The average molecular weight is 349 g/mol. The lowest BCUT2D eigenvalue weighted by Crippen LogP contribution is -2.53. The van der Waals surface area contributed by atoms with Crippen LogP contribution in [-0.4, -0.2) is 59.5 Å². The highest BCUT2D eigenvalue weighted by Gasteiger charge is 2.43. The van der Waals surface area contributed by atoms with Gasteiger partial charge in [0.05, 0.1) is 24.3 Å². The topological polar surface area (TPSA) is 68.0 Å². The standard InChI is InChI=1S/C18H27N3O4/c1-12-15(13(2)25-19-12)11-20-10-14(9-17-16(20)5-8-23-17)18(22)21-6-3-4-7-24-21/h14,16-17H,3-11H2,1-2H3/t14-,16+,17+/m0/s1. The molecule has 3 fully saturated rings. The van der Waals surface area contributed by atoms with Crippen LogP contribution in [0.5, 0.6) is 0 Å². The minimum Gasteiger partial charge on any atom is -0.377 e. The maximum absolute atomic E-state index is 12.9. The Morgan fingerprint density at radius 3 is 2.88 bits per heavy atom. The van der Waals surface area contributed by atoms with Gasteiger partial charge in [0.2, 0.25) is 0 Å². The fraction of sp³-hybridized carbons (Fsp3) is 0.778. The molecular weight excluding hydrogens is 322 g/mol. The van der Waals surface area contributed by atoms with Gasteiger partial charge >= 0.3 is 0 Å². The van der Waals surface area contributed by atoms with Crippen LogP contribution in [0.15, 0.2) is 4.52 Å². The summed E-state index contributed by atoms with van der Waals surface area (Å²) in [6.45, 7) is 7.55. The number of hydrogen-bond donors (Lipinski definition) is 0. The van der Waals surface area contributed by atoms with Gasteiger partial charge in [0.15, 0.2) is 0 Å². The zero-order chi connectivity index (χ0) is 17.4. The van der Waals surface area contributed by atoms with Crippen molar-refractivity contribution in [2.24, 2.45) is 5.92 Å². The quantitative estimate of drug-likeness (QED) is 0.829. The Bertz CT molecular complexity index is 606. The maximum atomic E-state index is 12.9. The lowest BCUT2D eigenvalue weighted by molar-refractivity contribution is -0.204. The van der Waals surface area contributed by atoms with Crippen molar-refractivity contribution in [1.82, 2.24) is 15.1 Å². The van der Waals surface area contributed by atoms with E-state index in [0.29, 0.717) is 19.2 Å². The van der Waals surface area contributed by atoms with Crippen LogP contribution < -0.4 is 0 Å². The molecule has 0 aliphatic carbocycles. The van der Waals surface area contributed by atoms with E-state index in [4.69, 9.17) is 14.1 Å². The van der Waals surface area contributed by atoms with Crippen molar-refractivity contribution in [3.63, 3.8) is 0 Å². The lowest BCUT2D eigenvalue weighted by atomic mass is 9.88. The summed E-state index contributed by atoms with van der Waals surface area (Å²) in [7, 11) is 0. The molecule has 3 saturated heterocycles. The number of nitrogens with zero attached hydrogens (tertiary/aromatic N) is 3. The Labute approximate surface area is 148 Å². The normalized spacial score (nSPS) is 30.5. The van der Waals surface area contributed by atoms with Gasteiger partial charge in [0.1, 0.15) is 5.76 Å². The predicted octanol–water partition coefficient (Wildman–Crippen LogP) is 1.82. The molecule has 1 amide bonds. The largest absolute Gasteiger partial charge is 0.377 e. The third-order valence-electron chi connectivity index (χ3n) is 5.76. The second-order valence-corrected chi connectivity index (χ2v) is 7.41. The Morgan fingerprint density at radius 1 is 1.28 bits per heavy atom. The van der Waals surface area contributed by atoms with Gasteiger partial charge in [0.25, 0.3) is 5.91 Å². The zero-order valence-corrected chi connectivity index (χ0v) is 15.1. The van der Waals surface area contributed by atoms with Crippen LogP contribution in [0.2, 0.25) is 0 Å². The number of amides is 1. The molecule has 0 radical (unpaired) electrons. The summed E-state index contributed by atoms with van der Waals surface area (Å²) < 4.78 is 11.3. The number of carbonyl (C=O) groups is 1. The highest BCUT2D eigenvalue weighted by atomic mass is 16.7. The van der Waals surface area contributed by atoms with E-state index >= 15 is 0 Å². The van der Waals surface area contributed by atoms with E-state index in [9.17, 15) is 4.79 Å². The minimum atomic E-state index is -0.0714. The van der Waals surface area contributed by atoms with Gasteiger partial charge in [0, 0.05) is 37.8 Å². The number of carbonyl (C=O) groups excluding carboxylic acids is 1. The summed E-state index contributed by atoms with van der Waals surface area (Å²) in [4.78, 5) is 20.9. The molecular formula is C18H27N3O4. The Hall–Kier alpha value is -1.44. The van der Waals surface area contributed by atoms with E-state index in [1.807, 2.05) is 13.8 Å². The van der Waals surface area contributed by atoms with Gasteiger partial charge in [-0.3, -0.25) is 14.5 Å². The van der Waals surface area contributed by atoms with Crippen LogP contribution in [0.25, 0.3) is 0 Å². The smallest absolute Gasteiger partial charge is 0.250 e. The number of piperidine rings is 1. The second kappa shape index (κ2) is 7.05. The van der Waals surface area contributed by atoms with E-state index in [-0.39, 0.29) is 17.9 Å². The van der Waals surface area contributed by atoms with Gasteiger partial charge in [-0.05, 0) is 39.5 Å². The van der Waals surface area contributed by atoms with E-state index in [2.05, 4.69) is 10.1 Å². The second-order valence-electron chi connectivity index (χ2n) is 7.41. The van der Waals surface area contributed by atoms with Crippen molar-refractivity contribution in [1.29, 1.82) is 0 Å². The molecule has 0 saturated carbocycles. The van der Waals surface area contributed by atoms with Gasteiger partial charge in [-0.15, -0.1) is 0 Å². The molecule has 0 unspecified atom stereocenters. The number of aryl methyl sites for hydroxylation is 2. The fourth-order valence-electron chi connectivity index (χ4n) is 4.32. The third-order valence-corrected chi connectivity index (χ3v) is 5.76. The Kier molecular flexibility index (Phi) is 4.80. The van der Waals surface area contributed by atoms with Gasteiger partial charge in [-0.2, -0.15) is 0 Å². The Balaban J connectivity index is 1.50. The first-order valence-electron chi connectivity index (χ1n) is 9.35. The third kappa shape index (κ3) is 3.32. The highest BCUT2D eigenvalue weighted by molar-refractivity contribution is 5.78. The lowest BCUT2D eigenvalue weighted by Gasteiger charge is -2.41. The molecule has 3 aliphatic rings. The molecule has 1 aromatic heterocycles. The van der Waals surface area contributed by atoms with E-state index in [0.717, 1.165) is 62.4 Å². The maximum Gasteiger partial charge on any atom is 0.250 e. The molecule has 0 spiro atoms. The van der Waals surface area contributed by atoms with Crippen LogP contribution in [0.1, 0.15) is 42.7 Å². The number of ether oxygens (including phenoxy) is 1. The zero-order valence-electron chi connectivity index (χ0n) is 15.1. The first-order valence-corrected chi connectivity index (χ1v) is 9.35. The monoisotopic (exact) mass is 349 g/mol. The van der Waals surface area contributed by atoms with Crippen LogP contribution >= 0.6 is 0 Å². The molecule has 4 rings (SSSR count). The number of aromatic nitrogens is 1. The SMILES string of the molecule is Cc1noc(C)c1CN1C[C@@H](C(=O)N2CCCCO2)C[C@H]2OCC[C@H]21. The molecule has 3 aliphatic heterocycles. The van der Waals surface area contributed by atoms with Crippen molar-refractivity contribution in [2.45, 2.75) is 58.2 Å². The number of hydroxylamine groups is 2. The van der Waals surface area contributed by atoms with Crippen molar-refractivity contribution in [2.75, 3.05) is 26.3 Å². The molecule has 1 aromatic rings. The molecule has 138 valence electrons. The summed E-state index contributed by atoms with van der Waals surface area (Å²) >= 11 is 0.